The number of para-hydroxylation sites is 1. The molecule has 0 aliphatic rings. The maximum Gasteiger partial charge on any atom is 0.322 e. The lowest BCUT2D eigenvalue weighted by Gasteiger charge is -2.07. The quantitative estimate of drug-likeness (QED) is 0.776. The van der Waals surface area contributed by atoms with Crippen molar-refractivity contribution in [1.82, 2.24) is 19.7 Å². The van der Waals surface area contributed by atoms with E-state index in [1.165, 1.54) is 49.8 Å². The minimum Gasteiger partial charge on any atom is -0.421 e. The molecule has 0 radical (unpaired) electrons. The third-order valence-corrected chi connectivity index (χ3v) is 3.12. The molecule has 1 amide bonds. The third kappa shape index (κ3) is 3.83. The predicted octanol–water partition coefficient (Wildman–Crippen LogP) is 1.75. The third-order valence-electron chi connectivity index (χ3n) is 3.12. The van der Waals surface area contributed by atoms with Gasteiger partial charge >= 0.3 is 6.01 Å². The number of ether oxygens (including phenoxy) is 1. The Morgan fingerprint density at radius 1 is 1.16 bits per heavy atom. The molecule has 2 aromatic heterocycles. The van der Waals surface area contributed by atoms with Crippen molar-refractivity contribution in [3.63, 3.8) is 0 Å². The van der Waals surface area contributed by atoms with Gasteiger partial charge in [0.05, 0.1) is 18.1 Å². The van der Waals surface area contributed by atoms with Crippen molar-refractivity contribution in [2.45, 2.75) is 0 Å². The van der Waals surface area contributed by atoms with Gasteiger partial charge in [0.25, 0.3) is 11.5 Å². The van der Waals surface area contributed by atoms with Crippen LogP contribution in [-0.2, 0) is 7.05 Å². The van der Waals surface area contributed by atoms with E-state index in [-0.39, 0.29) is 23.0 Å². The molecule has 25 heavy (non-hydrogen) atoms. The molecule has 0 unspecified atom stereocenters. The van der Waals surface area contributed by atoms with Crippen molar-refractivity contribution in [2.75, 3.05) is 5.32 Å². The molecule has 0 fully saturated rings. The van der Waals surface area contributed by atoms with Gasteiger partial charge in [-0.3, -0.25) is 9.59 Å². The summed E-state index contributed by atoms with van der Waals surface area (Å²) >= 11 is 0. The molecule has 3 aromatic rings. The number of rotatable bonds is 4. The maximum atomic E-state index is 13.5. The van der Waals surface area contributed by atoms with Crippen LogP contribution in [0, 0.1) is 5.82 Å². The van der Waals surface area contributed by atoms with E-state index in [4.69, 9.17) is 4.74 Å². The van der Waals surface area contributed by atoms with Crippen LogP contribution in [0.3, 0.4) is 0 Å². The molecular weight excluding hydrogens is 329 g/mol. The monoisotopic (exact) mass is 341 g/mol. The van der Waals surface area contributed by atoms with Crippen molar-refractivity contribution in [1.29, 1.82) is 0 Å². The van der Waals surface area contributed by atoms with Crippen LogP contribution in [0.25, 0.3) is 0 Å². The molecule has 0 saturated carbocycles. The molecule has 2 heterocycles. The SMILES string of the molecule is Cn1nc(C(=O)Nc2cnc(Oc3ccccc3F)nc2)ccc1=O. The summed E-state index contributed by atoms with van der Waals surface area (Å²) in [6, 6.07) is 8.34. The molecule has 8 nitrogen and oxygen atoms in total. The lowest BCUT2D eigenvalue weighted by molar-refractivity contribution is 0.102. The highest BCUT2D eigenvalue weighted by Gasteiger charge is 2.10. The number of aryl methyl sites for hydroxylation is 1. The van der Waals surface area contributed by atoms with Crippen molar-refractivity contribution in [3.8, 4) is 11.8 Å². The summed E-state index contributed by atoms with van der Waals surface area (Å²) in [5.41, 5.74) is 0.0323. The topological polar surface area (TPSA) is 99.0 Å². The normalized spacial score (nSPS) is 10.3. The van der Waals surface area contributed by atoms with Gasteiger partial charge in [0.1, 0.15) is 5.69 Å². The Morgan fingerprint density at radius 2 is 1.88 bits per heavy atom. The zero-order valence-corrected chi connectivity index (χ0v) is 13.0. The van der Waals surface area contributed by atoms with Crippen LogP contribution >= 0.6 is 0 Å². The molecule has 3 rings (SSSR count). The van der Waals surface area contributed by atoms with E-state index < -0.39 is 11.7 Å². The molecule has 0 aliphatic heterocycles. The Hall–Kier alpha value is -3.62. The van der Waals surface area contributed by atoms with Crippen molar-refractivity contribution < 1.29 is 13.9 Å². The molecule has 9 heteroatoms. The first-order valence-electron chi connectivity index (χ1n) is 7.13. The highest BCUT2D eigenvalue weighted by molar-refractivity contribution is 6.02. The van der Waals surface area contributed by atoms with E-state index in [0.29, 0.717) is 5.69 Å². The summed E-state index contributed by atoms with van der Waals surface area (Å²) in [6.07, 6.45) is 2.62. The molecule has 0 spiro atoms. The Kier molecular flexibility index (Phi) is 4.46. The Bertz CT molecular complexity index is 972. The fourth-order valence-corrected chi connectivity index (χ4v) is 1.88. The molecule has 0 atom stereocenters. The molecule has 1 N–H and O–H groups in total. The first-order chi connectivity index (χ1) is 12.0. The van der Waals surface area contributed by atoms with Crippen LogP contribution in [-0.4, -0.2) is 25.7 Å². The highest BCUT2D eigenvalue weighted by Crippen LogP contribution is 2.21. The number of benzene rings is 1. The van der Waals surface area contributed by atoms with Gasteiger partial charge in [0.15, 0.2) is 11.6 Å². The lowest BCUT2D eigenvalue weighted by atomic mass is 10.3. The first-order valence-corrected chi connectivity index (χ1v) is 7.13. The second-order valence-electron chi connectivity index (χ2n) is 4.92. The van der Waals surface area contributed by atoms with Gasteiger partial charge in [0.2, 0.25) is 0 Å². The summed E-state index contributed by atoms with van der Waals surface area (Å²) in [5.74, 6) is -1.07. The van der Waals surface area contributed by atoms with Crippen molar-refractivity contribution in [2.24, 2.45) is 7.05 Å². The molecule has 0 aliphatic carbocycles. The first kappa shape index (κ1) is 16.2. The number of nitrogens with one attached hydrogen (secondary N) is 1. The average Bonchev–Trinajstić information content (AvgIpc) is 2.61. The lowest BCUT2D eigenvalue weighted by Crippen LogP contribution is -2.23. The summed E-state index contributed by atoms with van der Waals surface area (Å²) in [4.78, 5) is 31.2. The predicted molar refractivity (Wildman–Crippen MR) is 85.9 cm³/mol. The number of carbonyl (C=O) groups is 1. The smallest absolute Gasteiger partial charge is 0.322 e. The zero-order chi connectivity index (χ0) is 17.8. The number of amides is 1. The van der Waals surface area contributed by atoms with E-state index in [1.54, 1.807) is 6.07 Å². The van der Waals surface area contributed by atoms with E-state index in [1.807, 2.05) is 0 Å². The number of halogens is 1. The van der Waals surface area contributed by atoms with E-state index >= 15 is 0 Å². The Morgan fingerprint density at radius 3 is 2.56 bits per heavy atom. The molecule has 0 saturated heterocycles. The van der Waals surface area contributed by atoms with Crippen molar-refractivity contribution >= 4 is 11.6 Å². The number of anilines is 1. The minimum absolute atomic E-state index is 0.00584. The van der Waals surface area contributed by atoms with Gasteiger partial charge in [-0.05, 0) is 18.2 Å². The molecule has 0 bridgehead atoms. The van der Waals surface area contributed by atoms with E-state index in [0.717, 1.165) is 4.68 Å². The molecule has 126 valence electrons. The van der Waals surface area contributed by atoms with Gasteiger partial charge in [-0.15, -0.1) is 0 Å². The van der Waals surface area contributed by atoms with Gasteiger partial charge in [-0.25, -0.2) is 19.0 Å². The minimum atomic E-state index is -0.538. The van der Waals surface area contributed by atoms with Gasteiger partial charge in [0, 0.05) is 13.1 Å². The fraction of sp³-hybridized carbons (Fsp3) is 0.0625. The van der Waals surface area contributed by atoms with Crippen LogP contribution in [0.2, 0.25) is 0 Å². The van der Waals surface area contributed by atoms with Crippen LogP contribution in [0.1, 0.15) is 10.5 Å². The molecule has 1 aromatic carbocycles. The van der Waals surface area contributed by atoms with Crippen LogP contribution < -0.4 is 15.6 Å². The van der Waals surface area contributed by atoms with Crippen molar-refractivity contribution in [3.05, 3.63) is 70.7 Å². The average molecular weight is 341 g/mol. The number of aromatic nitrogens is 4. The zero-order valence-electron chi connectivity index (χ0n) is 13.0. The van der Waals surface area contributed by atoms with Gasteiger partial charge < -0.3 is 10.1 Å². The fourth-order valence-electron chi connectivity index (χ4n) is 1.88. The second-order valence-corrected chi connectivity index (χ2v) is 4.92. The second kappa shape index (κ2) is 6.87. The Balaban J connectivity index is 1.70. The summed E-state index contributed by atoms with van der Waals surface area (Å²) in [7, 11) is 1.44. The number of hydrogen-bond acceptors (Lipinski definition) is 6. The summed E-state index contributed by atoms with van der Waals surface area (Å²) in [6.45, 7) is 0. The maximum absolute atomic E-state index is 13.5. The van der Waals surface area contributed by atoms with Crippen LogP contribution in [0.4, 0.5) is 10.1 Å². The number of nitrogens with zero attached hydrogens (tertiary/aromatic N) is 4. The number of hydrogen-bond donors (Lipinski definition) is 1. The van der Waals surface area contributed by atoms with Crippen LogP contribution in [0.5, 0.6) is 11.8 Å². The Labute approximate surface area is 140 Å². The largest absolute Gasteiger partial charge is 0.421 e. The van der Waals surface area contributed by atoms with E-state index in [9.17, 15) is 14.0 Å². The van der Waals surface area contributed by atoms with E-state index in [2.05, 4.69) is 20.4 Å². The van der Waals surface area contributed by atoms with Gasteiger partial charge in [-0.2, -0.15) is 5.10 Å². The molecular formula is C16H12FN5O3. The summed E-state index contributed by atoms with van der Waals surface area (Å²) < 4.78 is 19.8. The van der Waals surface area contributed by atoms with Gasteiger partial charge in [-0.1, -0.05) is 12.1 Å². The summed E-state index contributed by atoms with van der Waals surface area (Å²) in [5, 5.41) is 6.37. The number of carbonyl (C=O) groups excluding carboxylic acids is 1. The standard InChI is InChI=1S/C16H12FN5O3/c1-22-14(23)7-6-12(21-22)15(24)20-10-8-18-16(19-9-10)25-13-5-3-2-4-11(13)17/h2-9H,1H3,(H,20,24). The highest BCUT2D eigenvalue weighted by atomic mass is 19.1. The van der Waals surface area contributed by atoms with Crippen LogP contribution in [0.15, 0.2) is 53.6 Å².